The number of hydrogen-bond donors (Lipinski definition) is 0. The van der Waals surface area contributed by atoms with Crippen LogP contribution >= 0.6 is 11.6 Å². The molecular formula is C9H16ClNO. The zero-order valence-electron chi connectivity index (χ0n) is 7.72. The third kappa shape index (κ3) is 2.37. The van der Waals surface area contributed by atoms with Crippen molar-refractivity contribution in [2.75, 3.05) is 13.1 Å². The zero-order chi connectivity index (χ0) is 9.14. The van der Waals surface area contributed by atoms with E-state index in [2.05, 4.69) is 6.92 Å². The van der Waals surface area contributed by atoms with Crippen LogP contribution in [0.2, 0.25) is 0 Å². The molecule has 0 radical (unpaired) electrons. The Kier molecular flexibility index (Phi) is 3.39. The Bertz CT molecular complexity index is 170. The molecule has 0 aliphatic carbocycles. The van der Waals surface area contributed by atoms with E-state index < -0.39 is 0 Å². The van der Waals surface area contributed by atoms with Crippen molar-refractivity contribution in [2.45, 2.75) is 32.1 Å². The molecule has 0 spiro atoms. The predicted molar refractivity (Wildman–Crippen MR) is 50.3 cm³/mol. The lowest BCUT2D eigenvalue weighted by molar-refractivity contribution is -0.132. The highest BCUT2D eigenvalue weighted by molar-refractivity contribution is 6.30. The summed E-state index contributed by atoms with van der Waals surface area (Å²) in [5, 5.41) is -0.365. The zero-order valence-corrected chi connectivity index (χ0v) is 8.47. The maximum absolute atomic E-state index is 11.4. The molecule has 2 nitrogen and oxygen atoms in total. The molecule has 2 atom stereocenters. The first-order valence-corrected chi connectivity index (χ1v) is 4.97. The molecule has 0 N–H and O–H groups in total. The minimum Gasteiger partial charge on any atom is -0.341 e. The molecule has 1 amide bonds. The summed E-state index contributed by atoms with van der Waals surface area (Å²) in [6, 6.07) is 0. The minimum absolute atomic E-state index is 0.0863. The molecule has 1 fully saturated rings. The summed E-state index contributed by atoms with van der Waals surface area (Å²) in [6.45, 7) is 5.69. The van der Waals surface area contributed by atoms with Gasteiger partial charge < -0.3 is 4.90 Å². The minimum atomic E-state index is -0.365. The van der Waals surface area contributed by atoms with Crippen LogP contribution in [0, 0.1) is 5.92 Å². The molecule has 3 heteroatoms. The Balaban J connectivity index is 2.46. The maximum atomic E-state index is 11.4. The normalized spacial score (nSPS) is 26.9. The van der Waals surface area contributed by atoms with E-state index in [0.29, 0.717) is 5.92 Å². The predicted octanol–water partition coefficient (Wildman–Crippen LogP) is 1.87. The van der Waals surface area contributed by atoms with E-state index in [1.54, 1.807) is 6.92 Å². The van der Waals surface area contributed by atoms with Crippen molar-refractivity contribution >= 4 is 17.5 Å². The molecule has 1 saturated heterocycles. The van der Waals surface area contributed by atoms with Crippen LogP contribution in [0.5, 0.6) is 0 Å². The number of likely N-dealkylation sites (tertiary alicyclic amines) is 1. The largest absolute Gasteiger partial charge is 0.341 e. The lowest BCUT2D eigenvalue weighted by atomic mass is 10.0. The van der Waals surface area contributed by atoms with Gasteiger partial charge in [0, 0.05) is 13.1 Å². The molecule has 12 heavy (non-hydrogen) atoms. The highest BCUT2D eigenvalue weighted by atomic mass is 35.5. The van der Waals surface area contributed by atoms with Crippen LogP contribution in [0.25, 0.3) is 0 Å². The molecule has 0 bridgehead atoms. The van der Waals surface area contributed by atoms with Gasteiger partial charge in [0.05, 0.1) is 0 Å². The summed E-state index contributed by atoms with van der Waals surface area (Å²) in [6.07, 6.45) is 2.36. The molecule has 0 aromatic heterocycles. The van der Waals surface area contributed by atoms with Gasteiger partial charge in [-0.1, -0.05) is 6.92 Å². The van der Waals surface area contributed by atoms with E-state index >= 15 is 0 Å². The van der Waals surface area contributed by atoms with E-state index in [9.17, 15) is 4.79 Å². The summed E-state index contributed by atoms with van der Waals surface area (Å²) in [5.74, 6) is 0.723. The number of carbonyl (C=O) groups is 1. The van der Waals surface area contributed by atoms with Gasteiger partial charge in [0.1, 0.15) is 5.38 Å². The number of rotatable bonds is 1. The fourth-order valence-electron chi connectivity index (χ4n) is 1.64. The molecule has 1 heterocycles. The average Bonchev–Trinajstić information content (AvgIpc) is 2.03. The van der Waals surface area contributed by atoms with Crippen molar-refractivity contribution in [1.29, 1.82) is 0 Å². The fraction of sp³-hybridized carbons (Fsp3) is 0.889. The third-order valence-corrected chi connectivity index (χ3v) is 2.50. The van der Waals surface area contributed by atoms with Crippen molar-refractivity contribution in [2.24, 2.45) is 5.92 Å². The lowest BCUT2D eigenvalue weighted by Crippen LogP contribution is -2.42. The molecule has 1 rings (SSSR count). The summed E-state index contributed by atoms with van der Waals surface area (Å²) in [7, 11) is 0. The van der Waals surface area contributed by atoms with Crippen LogP contribution in [0.1, 0.15) is 26.7 Å². The molecule has 0 aromatic rings. The first-order chi connectivity index (χ1) is 5.61. The molecule has 70 valence electrons. The van der Waals surface area contributed by atoms with E-state index in [-0.39, 0.29) is 11.3 Å². The first kappa shape index (κ1) is 9.85. The Morgan fingerprint density at radius 2 is 2.33 bits per heavy atom. The van der Waals surface area contributed by atoms with Crippen LogP contribution in [-0.4, -0.2) is 29.3 Å². The number of piperidine rings is 1. The van der Waals surface area contributed by atoms with Gasteiger partial charge in [-0.3, -0.25) is 4.79 Å². The Morgan fingerprint density at radius 3 is 2.83 bits per heavy atom. The highest BCUT2D eigenvalue weighted by Crippen LogP contribution is 2.16. The number of hydrogen-bond acceptors (Lipinski definition) is 1. The quantitative estimate of drug-likeness (QED) is 0.577. The van der Waals surface area contributed by atoms with Gasteiger partial charge in [0.15, 0.2) is 0 Å². The van der Waals surface area contributed by atoms with E-state index in [1.165, 1.54) is 6.42 Å². The van der Waals surface area contributed by atoms with Gasteiger partial charge >= 0.3 is 0 Å². The second-order valence-electron chi connectivity index (χ2n) is 3.65. The number of amides is 1. The topological polar surface area (TPSA) is 20.3 Å². The Labute approximate surface area is 78.9 Å². The smallest absolute Gasteiger partial charge is 0.240 e. The van der Waals surface area contributed by atoms with Crippen LogP contribution in [0.3, 0.4) is 0 Å². The molecule has 0 saturated carbocycles. The third-order valence-electron chi connectivity index (χ3n) is 2.31. The van der Waals surface area contributed by atoms with Crippen LogP contribution in [0.15, 0.2) is 0 Å². The highest BCUT2D eigenvalue weighted by Gasteiger charge is 2.23. The average molecular weight is 190 g/mol. The van der Waals surface area contributed by atoms with Crippen LogP contribution in [0.4, 0.5) is 0 Å². The molecular weight excluding hydrogens is 174 g/mol. The lowest BCUT2D eigenvalue weighted by Gasteiger charge is -2.31. The summed E-state index contributed by atoms with van der Waals surface area (Å²) in [4.78, 5) is 13.3. The van der Waals surface area contributed by atoms with E-state index in [1.807, 2.05) is 4.90 Å². The number of carbonyl (C=O) groups excluding carboxylic acids is 1. The molecule has 1 aliphatic rings. The van der Waals surface area contributed by atoms with E-state index in [4.69, 9.17) is 11.6 Å². The van der Waals surface area contributed by atoms with Crippen molar-refractivity contribution in [3.8, 4) is 0 Å². The first-order valence-electron chi connectivity index (χ1n) is 4.54. The van der Waals surface area contributed by atoms with Crippen molar-refractivity contribution in [3.05, 3.63) is 0 Å². The van der Waals surface area contributed by atoms with Crippen molar-refractivity contribution in [1.82, 2.24) is 4.90 Å². The number of alkyl halides is 1. The Morgan fingerprint density at radius 1 is 1.67 bits per heavy atom. The van der Waals surface area contributed by atoms with Gasteiger partial charge in [-0.05, 0) is 25.7 Å². The SMILES string of the molecule is C[C@H]1CCCN(C(=O)[C@H](C)Cl)C1. The van der Waals surface area contributed by atoms with Gasteiger partial charge in [-0.25, -0.2) is 0 Å². The number of nitrogens with zero attached hydrogens (tertiary/aromatic N) is 1. The van der Waals surface area contributed by atoms with Crippen molar-refractivity contribution in [3.63, 3.8) is 0 Å². The maximum Gasteiger partial charge on any atom is 0.240 e. The van der Waals surface area contributed by atoms with E-state index in [0.717, 1.165) is 19.5 Å². The van der Waals surface area contributed by atoms with Crippen molar-refractivity contribution < 1.29 is 4.79 Å². The summed E-state index contributed by atoms with van der Waals surface area (Å²) >= 11 is 5.72. The number of halogens is 1. The molecule has 0 unspecified atom stereocenters. The van der Waals surface area contributed by atoms with Crippen LogP contribution in [-0.2, 0) is 4.79 Å². The Hall–Kier alpha value is -0.240. The monoisotopic (exact) mass is 189 g/mol. The van der Waals surface area contributed by atoms with Gasteiger partial charge in [-0.15, -0.1) is 11.6 Å². The fourth-order valence-corrected chi connectivity index (χ4v) is 1.78. The van der Waals surface area contributed by atoms with Crippen LogP contribution < -0.4 is 0 Å². The standard InChI is InChI=1S/C9H16ClNO/c1-7-4-3-5-11(6-7)9(12)8(2)10/h7-8H,3-6H2,1-2H3/t7-,8-/m0/s1. The summed E-state index contributed by atoms with van der Waals surface area (Å²) < 4.78 is 0. The van der Waals surface area contributed by atoms with Gasteiger partial charge in [0.25, 0.3) is 0 Å². The molecule has 0 aromatic carbocycles. The second kappa shape index (κ2) is 4.13. The summed E-state index contributed by atoms with van der Waals surface area (Å²) in [5.41, 5.74) is 0. The molecule has 1 aliphatic heterocycles. The van der Waals surface area contributed by atoms with Gasteiger partial charge in [-0.2, -0.15) is 0 Å². The second-order valence-corrected chi connectivity index (χ2v) is 4.30. The van der Waals surface area contributed by atoms with Gasteiger partial charge in [0.2, 0.25) is 5.91 Å².